The third kappa shape index (κ3) is 3.02. The van der Waals surface area contributed by atoms with Crippen LogP contribution in [0.15, 0.2) is 30.3 Å². The van der Waals surface area contributed by atoms with Crippen LogP contribution >= 0.6 is 0 Å². The van der Waals surface area contributed by atoms with Crippen LogP contribution in [0.2, 0.25) is 0 Å². The molecule has 0 amide bonds. The van der Waals surface area contributed by atoms with Gasteiger partial charge in [0, 0.05) is 25.2 Å². The number of nitrogens with one attached hydrogen (secondary N) is 1. The minimum absolute atomic E-state index is 0.435. The highest BCUT2D eigenvalue weighted by Crippen LogP contribution is 2.41. The van der Waals surface area contributed by atoms with Crippen LogP contribution in [-0.2, 0) is 0 Å². The fraction of sp³-hybridized carbons (Fsp3) is 0.684. The maximum Gasteiger partial charge on any atom is 0.0478 e. The molecular weight excluding hydrogens is 256 g/mol. The molecule has 2 nitrogen and oxygen atoms in total. The van der Waals surface area contributed by atoms with Crippen molar-refractivity contribution in [3.8, 4) is 0 Å². The third-order valence-electron chi connectivity index (χ3n) is 5.67. The largest absolute Gasteiger partial charge is 0.312 e. The van der Waals surface area contributed by atoms with Gasteiger partial charge in [-0.15, -0.1) is 0 Å². The molecule has 1 aromatic rings. The normalized spacial score (nSPS) is 28.8. The van der Waals surface area contributed by atoms with Gasteiger partial charge < -0.3 is 5.32 Å². The van der Waals surface area contributed by atoms with Crippen molar-refractivity contribution in [1.29, 1.82) is 0 Å². The van der Waals surface area contributed by atoms with Gasteiger partial charge in [0.2, 0.25) is 0 Å². The number of benzene rings is 1. The van der Waals surface area contributed by atoms with Crippen molar-refractivity contribution in [3.63, 3.8) is 0 Å². The van der Waals surface area contributed by atoms with Gasteiger partial charge in [-0.25, -0.2) is 0 Å². The summed E-state index contributed by atoms with van der Waals surface area (Å²) in [5.41, 5.74) is 1.43. The van der Waals surface area contributed by atoms with Gasteiger partial charge in [0.15, 0.2) is 0 Å². The van der Waals surface area contributed by atoms with Crippen LogP contribution in [0.3, 0.4) is 0 Å². The summed E-state index contributed by atoms with van der Waals surface area (Å²) in [4.78, 5) is 2.79. The van der Waals surface area contributed by atoms with Crippen LogP contribution in [-0.4, -0.2) is 31.1 Å². The number of fused-ring (bicyclic) bond motifs is 1. The Morgan fingerprint density at radius 3 is 2.19 bits per heavy atom. The van der Waals surface area contributed by atoms with E-state index in [0.29, 0.717) is 18.0 Å². The van der Waals surface area contributed by atoms with Gasteiger partial charge in [0.25, 0.3) is 0 Å². The predicted molar refractivity (Wildman–Crippen MR) is 89.3 cm³/mol. The number of likely N-dealkylation sites (N-methyl/N-ethyl adjacent to an activating group) is 1. The Morgan fingerprint density at radius 2 is 1.67 bits per heavy atom. The monoisotopic (exact) mass is 286 g/mol. The SMILES string of the molecule is CNC(c1ccccc1)C(C(C)C)N1CC2CCCC2C1. The summed E-state index contributed by atoms with van der Waals surface area (Å²) in [5.74, 6) is 2.61. The fourth-order valence-corrected chi connectivity index (χ4v) is 4.73. The molecule has 1 N–H and O–H groups in total. The van der Waals surface area contributed by atoms with Crippen LogP contribution in [0.5, 0.6) is 0 Å². The summed E-state index contributed by atoms with van der Waals surface area (Å²) in [6.45, 7) is 7.40. The van der Waals surface area contributed by atoms with Crippen LogP contribution < -0.4 is 5.32 Å². The Bertz CT molecular complexity index is 430. The highest BCUT2D eigenvalue weighted by Gasteiger charge is 2.41. The lowest BCUT2D eigenvalue weighted by Gasteiger charge is -2.38. The second-order valence-electron chi connectivity index (χ2n) is 7.32. The zero-order valence-electron chi connectivity index (χ0n) is 13.8. The molecule has 1 saturated heterocycles. The maximum absolute atomic E-state index is 3.60. The first-order valence-electron chi connectivity index (χ1n) is 8.67. The molecular formula is C19H30N2. The zero-order chi connectivity index (χ0) is 14.8. The average molecular weight is 286 g/mol. The molecule has 4 unspecified atom stereocenters. The summed E-state index contributed by atoms with van der Waals surface area (Å²) in [6, 6.07) is 12.0. The fourth-order valence-electron chi connectivity index (χ4n) is 4.73. The van der Waals surface area contributed by atoms with Crippen molar-refractivity contribution in [2.24, 2.45) is 17.8 Å². The van der Waals surface area contributed by atoms with Gasteiger partial charge in [-0.3, -0.25) is 4.90 Å². The van der Waals surface area contributed by atoms with Crippen LogP contribution in [0, 0.1) is 17.8 Å². The lowest BCUT2D eigenvalue weighted by atomic mass is 9.89. The van der Waals surface area contributed by atoms with E-state index in [1.807, 2.05) is 0 Å². The van der Waals surface area contributed by atoms with Gasteiger partial charge in [-0.05, 0) is 43.2 Å². The highest BCUT2D eigenvalue weighted by molar-refractivity contribution is 5.21. The third-order valence-corrected chi connectivity index (χ3v) is 5.67. The van der Waals surface area contributed by atoms with E-state index < -0.39 is 0 Å². The molecule has 1 heterocycles. The first-order chi connectivity index (χ1) is 10.2. The van der Waals surface area contributed by atoms with E-state index in [1.165, 1.54) is 37.9 Å². The predicted octanol–water partition coefficient (Wildman–Crippen LogP) is 3.70. The Balaban J connectivity index is 1.80. The van der Waals surface area contributed by atoms with Crippen molar-refractivity contribution in [1.82, 2.24) is 10.2 Å². The van der Waals surface area contributed by atoms with Crippen LogP contribution in [0.1, 0.15) is 44.7 Å². The van der Waals surface area contributed by atoms with Crippen molar-refractivity contribution in [3.05, 3.63) is 35.9 Å². The Kier molecular flexibility index (Phi) is 4.66. The second kappa shape index (κ2) is 6.50. The molecule has 0 bridgehead atoms. The number of rotatable bonds is 5. The number of nitrogens with zero attached hydrogens (tertiary/aromatic N) is 1. The van der Waals surface area contributed by atoms with Crippen molar-refractivity contribution >= 4 is 0 Å². The van der Waals surface area contributed by atoms with Crippen molar-refractivity contribution in [2.45, 2.75) is 45.2 Å². The number of hydrogen-bond acceptors (Lipinski definition) is 2. The second-order valence-corrected chi connectivity index (χ2v) is 7.32. The zero-order valence-corrected chi connectivity index (χ0v) is 13.8. The number of likely N-dealkylation sites (tertiary alicyclic amines) is 1. The summed E-state index contributed by atoms with van der Waals surface area (Å²) in [5, 5.41) is 3.60. The minimum atomic E-state index is 0.435. The van der Waals surface area contributed by atoms with Crippen molar-refractivity contribution in [2.75, 3.05) is 20.1 Å². The Morgan fingerprint density at radius 1 is 1.05 bits per heavy atom. The molecule has 21 heavy (non-hydrogen) atoms. The quantitative estimate of drug-likeness (QED) is 0.888. The Labute approximate surface area is 129 Å². The van der Waals surface area contributed by atoms with E-state index >= 15 is 0 Å². The standard InChI is InChI=1S/C19H30N2/c1-14(2)19(18(20-3)15-8-5-4-6-9-15)21-12-16-10-7-11-17(16)13-21/h4-6,8-9,14,16-20H,7,10-13H2,1-3H3. The number of hydrogen-bond donors (Lipinski definition) is 1. The maximum atomic E-state index is 3.60. The first kappa shape index (κ1) is 15.1. The van der Waals surface area contributed by atoms with Crippen LogP contribution in [0.4, 0.5) is 0 Å². The molecule has 0 spiro atoms. The highest BCUT2D eigenvalue weighted by atomic mass is 15.2. The molecule has 4 atom stereocenters. The lowest BCUT2D eigenvalue weighted by Crippen LogP contribution is -2.46. The molecule has 2 fully saturated rings. The minimum Gasteiger partial charge on any atom is -0.312 e. The van der Waals surface area contributed by atoms with Gasteiger partial charge in [0.05, 0.1) is 0 Å². The summed E-state index contributed by atoms with van der Waals surface area (Å²) in [6.07, 6.45) is 4.38. The van der Waals surface area contributed by atoms with E-state index in [1.54, 1.807) is 0 Å². The van der Waals surface area contributed by atoms with E-state index in [0.717, 1.165) is 11.8 Å². The van der Waals surface area contributed by atoms with Gasteiger partial charge >= 0.3 is 0 Å². The van der Waals surface area contributed by atoms with Gasteiger partial charge in [0.1, 0.15) is 0 Å². The summed E-state index contributed by atoms with van der Waals surface area (Å²) in [7, 11) is 2.12. The smallest absolute Gasteiger partial charge is 0.0478 e. The summed E-state index contributed by atoms with van der Waals surface area (Å²) >= 11 is 0. The van der Waals surface area contributed by atoms with Gasteiger partial charge in [-0.2, -0.15) is 0 Å². The van der Waals surface area contributed by atoms with Gasteiger partial charge in [-0.1, -0.05) is 50.6 Å². The molecule has 1 saturated carbocycles. The van der Waals surface area contributed by atoms with Crippen LogP contribution in [0.25, 0.3) is 0 Å². The average Bonchev–Trinajstić information content (AvgIpc) is 3.06. The van der Waals surface area contributed by atoms with E-state index in [2.05, 4.69) is 61.4 Å². The molecule has 1 aliphatic heterocycles. The Hall–Kier alpha value is -0.860. The molecule has 1 aliphatic carbocycles. The topological polar surface area (TPSA) is 15.3 Å². The van der Waals surface area contributed by atoms with E-state index in [-0.39, 0.29) is 0 Å². The first-order valence-corrected chi connectivity index (χ1v) is 8.67. The molecule has 2 heteroatoms. The molecule has 3 rings (SSSR count). The molecule has 0 radical (unpaired) electrons. The molecule has 2 aliphatic rings. The van der Waals surface area contributed by atoms with E-state index in [4.69, 9.17) is 0 Å². The molecule has 1 aromatic carbocycles. The molecule has 0 aromatic heterocycles. The summed E-state index contributed by atoms with van der Waals surface area (Å²) < 4.78 is 0. The molecule has 116 valence electrons. The van der Waals surface area contributed by atoms with Crippen molar-refractivity contribution < 1.29 is 0 Å². The van der Waals surface area contributed by atoms with E-state index in [9.17, 15) is 0 Å². The lowest BCUT2D eigenvalue weighted by molar-refractivity contribution is 0.138.